The topological polar surface area (TPSA) is 140 Å². The van der Waals surface area contributed by atoms with Crippen molar-refractivity contribution in [3.05, 3.63) is 174 Å². The largest absolute Gasteiger partial charge is 0.456 e. The number of oxazole rings is 2. The van der Waals surface area contributed by atoms with Crippen molar-refractivity contribution in [2.75, 3.05) is 4.90 Å². The van der Waals surface area contributed by atoms with Crippen molar-refractivity contribution in [3.8, 4) is 52.2 Å². The van der Waals surface area contributed by atoms with E-state index in [1.54, 1.807) is 42.5 Å². The highest BCUT2D eigenvalue weighted by Gasteiger charge is 2.18. The van der Waals surface area contributed by atoms with Crippen molar-refractivity contribution in [1.82, 2.24) is 9.97 Å². The van der Waals surface area contributed by atoms with E-state index in [1.165, 1.54) is 0 Å². The third-order valence-electron chi connectivity index (χ3n) is 10.8. The molecule has 0 aliphatic carbocycles. The van der Waals surface area contributed by atoms with Gasteiger partial charge in [0.05, 0.1) is 34.9 Å². The fraction of sp³-hybridized carbons (Fsp3) is 0. The second-order valence-electron chi connectivity index (χ2n) is 14.4. The fourth-order valence-corrected chi connectivity index (χ4v) is 7.77. The van der Waals surface area contributed by atoms with Crippen LogP contribution in [0.1, 0.15) is 16.7 Å². The lowest BCUT2D eigenvalue weighted by atomic mass is 9.99. The molecule has 0 amide bonds. The van der Waals surface area contributed by atoms with Crippen LogP contribution in [-0.4, -0.2) is 9.97 Å². The summed E-state index contributed by atoms with van der Waals surface area (Å²) in [5, 5.41) is 32.2. The molecule has 0 saturated carbocycles. The number of nitrogens with zero attached hydrogens (tertiary/aromatic N) is 6. The molecule has 0 unspecified atom stereocenters. The third-order valence-corrected chi connectivity index (χ3v) is 10.8. The molecule has 278 valence electrons. The van der Waals surface area contributed by atoms with Gasteiger partial charge in [0.25, 0.3) is 0 Å². The first-order valence-corrected chi connectivity index (χ1v) is 19.0. The van der Waals surface area contributed by atoms with E-state index in [1.807, 2.05) is 60.7 Å². The zero-order chi connectivity index (χ0) is 40.3. The number of hydrogen-bond donors (Lipinski definition) is 0. The van der Waals surface area contributed by atoms with Gasteiger partial charge in [0, 0.05) is 51.1 Å². The summed E-state index contributed by atoms with van der Waals surface area (Å²) in [7, 11) is 0. The number of benzene rings is 8. The normalized spacial score (nSPS) is 11.3. The van der Waals surface area contributed by atoms with E-state index in [9.17, 15) is 15.8 Å². The van der Waals surface area contributed by atoms with Crippen molar-refractivity contribution in [1.29, 1.82) is 15.8 Å². The zero-order valence-corrected chi connectivity index (χ0v) is 31.4. The second-order valence-corrected chi connectivity index (χ2v) is 14.4. The molecule has 9 heteroatoms. The Morgan fingerprint density at radius 3 is 1.38 bits per heavy atom. The Kier molecular flexibility index (Phi) is 7.77. The van der Waals surface area contributed by atoms with Gasteiger partial charge in [0.1, 0.15) is 22.2 Å². The summed E-state index contributed by atoms with van der Waals surface area (Å²) in [4.78, 5) is 11.5. The van der Waals surface area contributed by atoms with Crippen LogP contribution < -0.4 is 4.90 Å². The summed E-state index contributed by atoms with van der Waals surface area (Å²) in [6.07, 6.45) is 0. The van der Waals surface area contributed by atoms with E-state index in [0.29, 0.717) is 56.3 Å². The number of furan rings is 1. The second kappa shape index (κ2) is 13.6. The van der Waals surface area contributed by atoms with Crippen LogP contribution in [-0.2, 0) is 0 Å². The lowest BCUT2D eigenvalue weighted by Crippen LogP contribution is -2.09. The van der Waals surface area contributed by atoms with Crippen LogP contribution >= 0.6 is 0 Å². The smallest absolute Gasteiger partial charge is 0.227 e. The Morgan fingerprint density at radius 2 is 0.800 bits per heavy atom. The number of hydrogen-bond acceptors (Lipinski definition) is 9. The van der Waals surface area contributed by atoms with Gasteiger partial charge >= 0.3 is 0 Å². The molecule has 0 radical (unpaired) electrons. The molecule has 0 aliphatic rings. The maximum absolute atomic E-state index is 9.36. The van der Waals surface area contributed by atoms with E-state index >= 15 is 0 Å². The standard InChI is InChI=1S/C51H26N6O3/c52-27-30-1-17-42-43-18-11-38(26-47(43)58-46(42)21-30)35-4-5-37-25-41(16-10-36(37)24-35)57(39-12-6-33(7-13-39)50-55-44-19-2-31(28-53)22-48(44)59-50)40-14-8-34(9-15-40)51-56-45-20-3-32(29-54)23-49(45)60-51/h1-26H. The maximum atomic E-state index is 9.36. The minimum atomic E-state index is 0.469. The predicted octanol–water partition coefficient (Wildman–Crippen LogP) is 13.1. The SMILES string of the molecule is N#Cc1ccc2nc(-c3ccc(N(c4ccc(-c5nc6ccc(C#N)cc6o5)cc4)c4ccc5cc(-c6ccc7c(c6)oc6cc(C#N)ccc67)ccc5c4)cc3)oc2c1. The highest BCUT2D eigenvalue weighted by atomic mass is 16.4. The van der Waals surface area contributed by atoms with Gasteiger partial charge in [0.15, 0.2) is 11.2 Å². The van der Waals surface area contributed by atoms with Gasteiger partial charge in [-0.2, -0.15) is 15.8 Å². The van der Waals surface area contributed by atoms with E-state index in [2.05, 4.69) is 87.7 Å². The van der Waals surface area contributed by atoms with E-state index in [4.69, 9.17) is 13.3 Å². The maximum Gasteiger partial charge on any atom is 0.227 e. The van der Waals surface area contributed by atoms with Gasteiger partial charge < -0.3 is 18.2 Å². The molecule has 60 heavy (non-hydrogen) atoms. The minimum absolute atomic E-state index is 0.469. The molecule has 8 aromatic carbocycles. The number of fused-ring (bicyclic) bond motifs is 6. The summed E-state index contributed by atoms with van der Waals surface area (Å²) in [6, 6.07) is 57.7. The molecular weight excluding hydrogens is 745 g/mol. The van der Waals surface area contributed by atoms with Crippen LogP contribution in [0.2, 0.25) is 0 Å². The summed E-state index contributed by atoms with van der Waals surface area (Å²) in [6.45, 7) is 0. The fourth-order valence-electron chi connectivity index (χ4n) is 7.77. The Morgan fingerprint density at radius 1 is 0.367 bits per heavy atom. The Labute approximate surface area is 341 Å². The first-order valence-electron chi connectivity index (χ1n) is 19.0. The summed E-state index contributed by atoms with van der Waals surface area (Å²) in [5.74, 6) is 0.939. The number of anilines is 3. The molecule has 11 rings (SSSR count). The first kappa shape index (κ1) is 34.3. The van der Waals surface area contributed by atoms with Gasteiger partial charge in [-0.15, -0.1) is 0 Å². The van der Waals surface area contributed by atoms with E-state index < -0.39 is 0 Å². The van der Waals surface area contributed by atoms with Gasteiger partial charge in [0.2, 0.25) is 11.8 Å². The average Bonchev–Trinajstić information content (AvgIpc) is 4.03. The third kappa shape index (κ3) is 5.85. The van der Waals surface area contributed by atoms with Gasteiger partial charge in [-0.3, -0.25) is 0 Å². The molecule has 11 aromatic rings. The van der Waals surface area contributed by atoms with Crippen LogP contribution in [0.15, 0.2) is 171 Å². The number of rotatable bonds is 6. The first-order chi connectivity index (χ1) is 29.5. The quantitative estimate of drug-likeness (QED) is 0.161. The molecule has 0 atom stereocenters. The highest BCUT2D eigenvalue weighted by molar-refractivity contribution is 6.06. The summed E-state index contributed by atoms with van der Waals surface area (Å²) in [5.41, 5.74) is 12.0. The van der Waals surface area contributed by atoms with Gasteiger partial charge in [-0.1, -0.05) is 24.3 Å². The van der Waals surface area contributed by atoms with Crippen molar-refractivity contribution in [2.24, 2.45) is 0 Å². The van der Waals surface area contributed by atoms with Gasteiger partial charge in [-0.25, -0.2) is 9.97 Å². The molecule has 3 aromatic heterocycles. The van der Waals surface area contributed by atoms with Crippen LogP contribution in [0.25, 0.3) is 88.9 Å². The number of nitriles is 3. The Bertz CT molecular complexity index is 3520. The molecule has 3 heterocycles. The van der Waals surface area contributed by atoms with Crippen molar-refractivity contribution >= 4 is 72.0 Å². The predicted molar refractivity (Wildman–Crippen MR) is 231 cm³/mol. The monoisotopic (exact) mass is 770 g/mol. The lowest BCUT2D eigenvalue weighted by Gasteiger charge is -2.26. The number of aromatic nitrogens is 2. The van der Waals surface area contributed by atoms with Crippen molar-refractivity contribution in [2.45, 2.75) is 0 Å². The van der Waals surface area contributed by atoms with Crippen LogP contribution in [0.5, 0.6) is 0 Å². The zero-order valence-electron chi connectivity index (χ0n) is 31.4. The average molecular weight is 771 g/mol. The van der Waals surface area contributed by atoms with Crippen LogP contribution in [0.3, 0.4) is 0 Å². The van der Waals surface area contributed by atoms with Crippen LogP contribution in [0, 0.1) is 34.0 Å². The molecular formula is C51H26N6O3. The molecule has 0 fully saturated rings. The highest BCUT2D eigenvalue weighted by Crippen LogP contribution is 2.40. The lowest BCUT2D eigenvalue weighted by molar-refractivity contribution is 0.619. The van der Waals surface area contributed by atoms with Gasteiger partial charge in [-0.05, 0) is 143 Å². The van der Waals surface area contributed by atoms with Crippen molar-refractivity contribution in [3.63, 3.8) is 0 Å². The Balaban J connectivity index is 0.961. The van der Waals surface area contributed by atoms with Crippen molar-refractivity contribution < 1.29 is 13.3 Å². The summed E-state index contributed by atoms with van der Waals surface area (Å²) < 4.78 is 18.3. The molecule has 0 spiro atoms. The van der Waals surface area contributed by atoms with E-state index in [0.717, 1.165) is 66.4 Å². The minimum Gasteiger partial charge on any atom is -0.456 e. The van der Waals surface area contributed by atoms with E-state index in [-0.39, 0.29) is 0 Å². The molecule has 0 aliphatic heterocycles. The van der Waals surface area contributed by atoms with Crippen LogP contribution in [0.4, 0.5) is 17.1 Å². The Hall–Kier alpha value is -8.97. The summed E-state index contributed by atoms with van der Waals surface area (Å²) >= 11 is 0. The molecule has 0 N–H and O–H groups in total. The molecule has 0 saturated heterocycles. The molecule has 9 nitrogen and oxygen atoms in total. The molecule has 0 bridgehead atoms.